The van der Waals surface area contributed by atoms with E-state index >= 15 is 0 Å². The van der Waals surface area contributed by atoms with Crippen molar-refractivity contribution in [1.29, 1.82) is 0 Å². The number of hydrogen-bond donors (Lipinski definition) is 2. The van der Waals surface area contributed by atoms with Gasteiger partial charge >= 0.3 is 6.09 Å². The van der Waals surface area contributed by atoms with Crippen molar-refractivity contribution in [2.75, 3.05) is 44.1 Å². The van der Waals surface area contributed by atoms with Gasteiger partial charge in [-0.3, -0.25) is 10.1 Å². The van der Waals surface area contributed by atoms with Crippen molar-refractivity contribution in [3.8, 4) is 5.75 Å². The highest BCUT2D eigenvalue weighted by molar-refractivity contribution is 5.87. The molecule has 0 aromatic carbocycles. The Hall–Kier alpha value is -2.55. The maximum absolute atomic E-state index is 13.5. The number of carbonyl (C=O) groups excluding carboxylic acids is 2. The van der Waals surface area contributed by atoms with Gasteiger partial charge in [-0.05, 0) is 44.9 Å². The molecular formula is C22H32N4O5. The maximum atomic E-state index is 13.5. The van der Waals surface area contributed by atoms with E-state index in [0.717, 1.165) is 58.0 Å². The van der Waals surface area contributed by atoms with Gasteiger partial charge in [0.25, 0.3) is 0 Å². The first-order valence-electron chi connectivity index (χ1n) is 11.1. The molecule has 1 unspecified atom stereocenters. The van der Waals surface area contributed by atoms with Crippen molar-refractivity contribution in [2.24, 2.45) is 5.41 Å². The summed E-state index contributed by atoms with van der Waals surface area (Å²) in [6.45, 7) is 2.21. The van der Waals surface area contributed by atoms with Crippen LogP contribution >= 0.6 is 0 Å². The summed E-state index contributed by atoms with van der Waals surface area (Å²) in [7, 11) is 2.88. The van der Waals surface area contributed by atoms with Gasteiger partial charge in [0.2, 0.25) is 5.91 Å². The van der Waals surface area contributed by atoms with Crippen LogP contribution in [-0.2, 0) is 9.53 Å². The maximum Gasteiger partial charge on any atom is 0.411 e. The number of pyridine rings is 1. The molecule has 3 aliphatic rings. The number of rotatable bonds is 4. The number of methoxy groups -OCH3 is 2. The molecule has 1 aromatic rings. The second-order valence-corrected chi connectivity index (χ2v) is 8.88. The molecule has 4 rings (SSSR count). The van der Waals surface area contributed by atoms with Gasteiger partial charge in [0, 0.05) is 31.7 Å². The quantitative estimate of drug-likeness (QED) is 0.753. The van der Waals surface area contributed by atoms with Crippen LogP contribution in [0.25, 0.3) is 0 Å². The van der Waals surface area contributed by atoms with Crippen molar-refractivity contribution in [2.45, 2.75) is 57.1 Å². The van der Waals surface area contributed by atoms with E-state index in [1.807, 2.05) is 0 Å². The summed E-state index contributed by atoms with van der Waals surface area (Å²) >= 11 is 0. The van der Waals surface area contributed by atoms with Crippen LogP contribution in [0.3, 0.4) is 0 Å². The Kier molecular flexibility index (Phi) is 6.22. The standard InChI is InChI=1S/C22H32N4O5/c1-30-18-12-15(24-21(29)31-2)13-23-19(18)25-10-3-8-22(14-25)9-11-26(20(22)28)16-4-6-17(27)7-5-16/h12-13,16-17,27H,3-11,14H2,1-2H3,(H,24,29). The summed E-state index contributed by atoms with van der Waals surface area (Å²) in [6.07, 6.45) is 6.77. The van der Waals surface area contributed by atoms with Crippen LogP contribution in [0, 0.1) is 5.41 Å². The highest BCUT2D eigenvalue weighted by Gasteiger charge is 2.51. The minimum absolute atomic E-state index is 0.219. The molecule has 1 aliphatic carbocycles. The molecule has 9 nitrogen and oxygen atoms in total. The Balaban J connectivity index is 1.49. The predicted octanol–water partition coefficient (Wildman–Crippen LogP) is 2.39. The average molecular weight is 433 g/mol. The number of aromatic nitrogens is 1. The lowest BCUT2D eigenvalue weighted by Crippen LogP contribution is -2.50. The van der Waals surface area contributed by atoms with Gasteiger partial charge in [-0.2, -0.15) is 0 Å². The molecule has 2 amide bonds. The number of carbonyl (C=O) groups is 2. The number of nitrogens with zero attached hydrogens (tertiary/aromatic N) is 3. The van der Waals surface area contributed by atoms with E-state index in [-0.39, 0.29) is 23.5 Å². The molecule has 1 aromatic heterocycles. The molecule has 0 bridgehead atoms. The van der Waals surface area contributed by atoms with Crippen molar-refractivity contribution in [3.63, 3.8) is 0 Å². The zero-order chi connectivity index (χ0) is 22.0. The summed E-state index contributed by atoms with van der Waals surface area (Å²) < 4.78 is 10.2. The number of aliphatic hydroxyl groups is 1. The highest BCUT2D eigenvalue weighted by Crippen LogP contribution is 2.44. The van der Waals surface area contributed by atoms with Crippen LogP contribution in [0.1, 0.15) is 44.9 Å². The summed E-state index contributed by atoms with van der Waals surface area (Å²) in [5, 5.41) is 12.4. The third kappa shape index (κ3) is 4.28. The largest absolute Gasteiger partial charge is 0.493 e. The number of likely N-dealkylation sites (tertiary alicyclic amines) is 1. The van der Waals surface area contributed by atoms with Crippen LogP contribution in [-0.4, -0.2) is 73.0 Å². The average Bonchev–Trinajstić information content (AvgIpc) is 3.09. The fraction of sp³-hybridized carbons (Fsp3) is 0.682. The van der Waals surface area contributed by atoms with E-state index in [1.165, 1.54) is 7.11 Å². The summed E-state index contributed by atoms with van der Waals surface area (Å²) in [4.78, 5) is 33.8. The topological polar surface area (TPSA) is 104 Å². The van der Waals surface area contributed by atoms with Crippen molar-refractivity contribution in [1.82, 2.24) is 9.88 Å². The summed E-state index contributed by atoms with van der Waals surface area (Å²) in [5.74, 6) is 1.49. The molecule has 1 atom stereocenters. The van der Waals surface area contributed by atoms with E-state index in [0.29, 0.717) is 23.8 Å². The SMILES string of the molecule is COC(=O)Nc1cnc(N2CCCC3(CCN(C4CCC(O)CC4)C3=O)C2)c(OC)c1. The number of amides is 2. The molecule has 1 spiro atoms. The lowest BCUT2D eigenvalue weighted by atomic mass is 9.78. The van der Waals surface area contributed by atoms with Gasteiger partial charge in [0.1, 0.15) is 0 Å². The lowest BCUT2D eigenvalue weighted by Gasteiger charge is -2.41. The molecule has 0 radical (unpaired) electrons. The minimum Gasteiger partial charge on any atom is -0.493 e. The first-order chi connectivity index (χ1) is 15.0. The second-order valence-electron chi connectivity index (χ2n) is 8.88. The van der Waals surface area contributed by atoms with Crippen LogP contribution in [0.15, 0.2) is 12.3 Å². The van der Waals surface area contributed by atoms with Gasteiger partial charge < -0.3 is 24.4 Å². The Bertz CT molecular complexity index is 826. The monoisotopic (exact) mass is 432 g/mol. The third-order valence-corrected chi connectivity index (χ3v) is 7.01. The fourth-order valence-corrected chi connectivity index (χ4v) is 5.32. The Morgan fingerprint density at radius 2 is 2.00 bits per heavy atom. The van der Waals surface area contributed by atoms with E-state index in [2.05, 4.69) is 24.8 Å². The first kappa shape index (κ1) is 21.7. The zero-order valence-corrected chi connectivity index (χ0v) is 18.3. The van der Waals surface area contributed by atoms with Crippen molar-refractivity contribution >= 4 is 23.5 Å². The molecule has 9 heteroatoms. The smallest absolute Gasteiger partial charge is 0.411 e. The van der Waals surface area contributed by atoms with Gasteiger partial charge in [-0.1, -0.05) is 0 Å². The van der Waals surface area contributed by atoms with E-state index < -0.39 is 6.09 Å². The molecule has 2 N–H and O–H groups in total. The number of ether oxygens (including phenoxy) is 2. The van der Waals surface area contributed by atoms with Gasteiger partial charge in [-0.15, -0.1) is 0 Å². The fourth-order valence-electron chi connectivity index (χ4n) is 5.32. The summed E-state index contributed by atoms with van der Waals surface area (Å²) in [5.41, 5.74) is 0.103. The normalized spacial score (nSPS) is 28.7. The molecule has 2 aliphatic heterocycles. The highest BCUT2D eigenvalue weighted by atomic mass is 16.5. The van der Waals surface area contributed by atoms with Gasteiger partial charge in [-0.25, -0.2) is 9.78 Å². The van der Waals surface area contributed by atoms with E-state index in [4.69, 9.17) is 4.74 Å². The van der Waals surface area contributed by atoms with Crippen LogP contribution in [0.4, 0.5) is 16.3 Å². The second kappa shape index (κ2) is 8.90. The number of hydrogen-bond acceptors (Lipinski definition) is 7. The minimum atomic E-state index is -0.569. The third-order valence-electron chi connectivity index (χ3n) is 7.01. The Morgan fingerprint density at radius 1 is 1.23 bits per heavy atom. The Labute approximate surface area is 182 Å². The predicted molar refractivity (Wildman–Crippen MR) is 115 cm³/mol. The molecule has 170 valence electrons. The van der Waals surface area contributed by atoms with Crippen molar-refractivity contribution in [3.05, 3.63) is 12.3 Å². The van der Waals surface area contributed by atoms with Crippen LogP contribution in [0.2, 0.25) is 0 Å². The molecule has 1 saturated carbocycles. The van der Waals surface area contributed by atoms with Crippen LogP contribution in [0.5, 0.6) is 5.75 Å². The molecular weight excluding hydrogens is 400 g/mol. The molecule has 3 fully saturated rings. The number of piperidine rings is 1. The first-order valence-corrected chi connectivity index (χ1v) is 11.1. The summed E-state index contributed by atoms with van der Waals surface area (Å²) in [6, 6.07) is 1.97. The van der Waals surface area contributed by atoms with Crippen molar-refractivity contribution < 1.29 is 24.2 Å². The number of aliphatic hydroxyl groups excluding tert-OH is 1. The van der Waals surface area contributed by atoms with E-state index in [9.17, 15) is 14.7 Å². The zero-order valence-electron chi connectivity index (χ0n) is 18.3. The molecule has 3 heterocycles. The number of nitrogens with one attached hydrogen (secondary N) is 1. The van der Waals surface area contributed by atoms with Crippen LogP contribution < -0.4 is 15.0 Å². The Morgan fingerprint density at radius 3 is 2.71 bits per heavy atom. The van der Waals surface area contributed by atoms with Gasteiger partial charge in [0.15, 0.2) is 11.6 Å². The molecule has 31 heavy (non-hydrogen) atoms. The van der Waals surface area contributed by atoms with Gasteiger partial charge in [0.05, 0.1) is 37.6 Å². The van der Waals surface area contributed by atoms with E-state index in [1.54, 1.807) is 19.4 Å². The lowest BCUT2D eigenvalue weighted by molar-refractivity contribution is -0.139. The number of anilines is 2. The molecule has 2 saturated heterocycles.